The van der Waals surface area contributed by atoms with Gasteiger partial charge in [0.05, 0.1) is 0 Å². The fourth-order valence-electron chi connectivity index (χ4n) is 2.63. The maximum Gasteiger partial charge on any atom is 0.270 e. The van der Waals surface area contributed by atoms with Gasteiger partial charge in [0.2, 0.25) is 0 Å². The molecule has 0 saturated carbocycles. The Balaban J connectivity index is 1.89. The molecule has 0 amide bonds. The van der Waals surface area contributed by atoms with Gasteiger partial charge in [-0.2, -0.15) is 0 Å². The molecule has 0 aliphatic rings. The fourth-order valence-corrected chi connectivity index (χ4v) is 2.63. The molecule has 0 spiro atoms. The molecule has 3 nitrogen and oxygen atoms in total. The van der Waals surface area contributed by atoms with Crippen LogP contribution < -0.4 is 5.56 Å². The summed E-state index contributed by atoms with van der Waals surface area (Å²) in [6.07, 6.45) is -2.48. The molecular weight excluding hydrogens is 312 g/mol. The first-order valence-corrected chi connectivity index (χ1v) is 7.59. The van der Waals surface area contributed by atoms with E-state index in [-0.39, 0.29) is 11.1 Å². The van der Waals surface area contributed by atoms with E-state index in [1.54, 1.807) is 12.1 Å². The number of nitrogens with one attached hydrogen (secondary N) is 1. The van der Waals surface area contributed by atoms with Gasteiger partial charge in [-0.3, -0.25) is 4.79 Å². The van der Waals surface area contributed by atoms with E-state index >= 15 is 0 Å². The Morgan fingerprint density at radius 1 is 1.12 bits per heavy atom. The van der Waals surface area contributed by atoms with Crippen LogP contribution in [0.2, 0.25) is 0 Å². The van der Waals surface area contributed by atoms with Gasteiger partial charge in [-0.15, -0.1) is 0 Å². The van der Waals surface area contributed by atoms with E-state index < -0.39 is 12.0 Å². The van der Waals surface area contributed by atoms with Crippen LogP contribution in [0.25, 0.3) is 10.9 Å². The van der Waals surface area contributed by atoms with Gasteiger partial charge in [0, 0.05) is 17.5 Å². The molecule has 0 saturated heterocycles. The minimum absolute atomic E-state index is 0.147. The fraction of sp³-hybridized carbons (Fsp3) is 0.211. The van der Waals surface area contributed by atoms with Crippen LogP contribution in [-0.2, 0) is 12.0 Å². The first kappa shape index (κ1) is 16.3. The summed E-state index contributed by atoms with van der Waals surface area (Å²) in [5.74, 6) is 0. The lowest BCUT2D eigenvalue weighted by Crippen LogP contribution is -2.30. The van der Waals surface area contributed by atoms with Crippen LogP contribution in [0.3, 0.4) is 0 Å². The standard InChI is InChI=1S/C19H17F2NO2/c1-19(24,18(20)21)15-8-6-12(7-9-15)10-14-11-13-4-2-3-5-16(13)22-17(14)23/h2-9,11,18,24H,10H2,1H3,(H,22,23). The van der Waals surface area contributed by atoms with Crippen molar-refractivity contribution >= 4 is 10.9 Å². The second kappa shape index (κ2) is 6.17. The number of rotatable bonds is 4. The van der Waals surface area contributed by atoms with Gasteiger partial charge < -0.3 is 10.1 Å². The number of H-pyrrole nitrogens is 1. The van der Waals surface area contributed by atoms with Crippen molar-refractivity contribution in [1.82, 2.24) is 4.98 Å². The molecule has 124 valence electrons. The van der Waals surface area contributed by atoms with Crippen molar-refractivity contribution in [3.63, 3.8) is 0 Å². The molecule has 0 bridgehead atoms. The Labute approximate surface area is 137 Å². The van der Waals surface area contributed by atoms with E-state index in [1.807, 2.05) is 30.3 Å². The second-order valence-electron chi connectivity index (χ2n) is 6.03. The minimum Gasteiger partial charge on any atom is -0.379 e. The van der Waals surface area contributed by atoms with Crippen LogP contribution in [0.15, 0.2) is 59.4 Å². The highest BCUT2D eigenvalue weighted by molar-refractivity contribution is 5.78. The van der Waals surface area contributed by atoms with Gasteiger partial charge in [0.25, 0.3) is 12.0 Å². The van der Waals surface area contributed by atoms with E-state index in [1.165, 1.54) is 12.1 Å². The molecule has 2 aromatic carbocycles. The molecular formula is C19H17F2NO2. The third kappa shape index (κ3) is 3.08. The number of fused-ring (bicyclic) bond motifs is 1. The Kier molecular flexibility index (Phi) is 4.20. The van der Waals surface area contributed by atoms with Crippen molar-refractivity contribution in [2.45, 2.75) is 25.4 Å². The number of aromatic amines is 1. The number of benzene rings is 2. The number of hydrogen-bond donors (Lipinski definition) is 2. The summed E-state index contributed by atoms with van der Waals surface area (Å²) in [7, 11) is 0. The van der Waals surface area contributed by atoms with E-state index in [2.05, 4.69) is 4.98 Å². The molecule has 3 rings (SSSR count). The number of alkyl halides is 2. The Morgan fingerprint density at radius 3 is 2.46 bits per heavy atom. The average molecular weight is 329 g/mol. The first-order valence-electron chi connectivity index (χ1n) is 7.59. The summed E-state index contributed by atoms with van der Waals surface area (Å²) in [6.45, 7) is 1.08. The SMILES string of the molecule is CC(O)(c1ccc(Cc2cc3ccccc3[nH]c2=O)cc1)C(F)F. The summed E-state index contributed by atoms with van der Waals surface area (Å²) in [5, 5.41) is 10.7. The van der Waals surface area contributed by atoms with Gasteiger partial charge in [-0.05, 0) is 35.6 Å². The summed E-state index contributed by atoms with van der Waals surface area (Å²) >= 11 is 0. The average Bonchev–Trinajstić information content (AvgIpc) is 2.56. The normalized spacial score (nSPS) is 14.0. The molecule has 24 heavy (non-hydrogen) atoms. The molecule has 5 heteroatoms. The molecule has 0 aliphatic carbocycles. The molecule has 3 aromatic rings. The molecule has 0 fully saturated rings. The highest BCUT2D eigenvalue weighted by Crippen LogP contribution is 2.28. The predicted molar refractivity (Wildman–Crippen MR) is 89.4 cm³/mol. The summed E-state index contributed by atoms with van der Waals surface area (Å²) in [4.78, 5) is 15.0. The van der Waals surface area contributed by atoms with Crippen LogP contribution in [0.1, 0.15) is 23.6 Å². The lowest BCUT2D eigenvalue weighted by Gasteiger charge is -2.22. The van der Waals surface area contributed by atoms with Crippen molar-refractivity contribution in [2.75, 3.05) is 0 Å². The summed E-state index contributed by atoms with van der Waals surface area (Å²) < 4.78 is 25.7. The number of para-hydroxylation sites is 1. The van der Waals surface area contributed by atoms with E-state index in [0.717, 1.165) is 23.4 Å². The second-order valence-corrected chi connectivity index (χ2v) is 6.03. The van der Waals surface area contributed by atoms with Crippen molar-refractivity contribution in [1.29, 1.82) is 0 Å². The maximum absolute atomic E-state index is 12.9. The van der Waals surface area contributed by atoms with Gasteiger partial charge in [0.1, 0.15) is 5.60 Å². The van der Waals surface area contributed by atoms with Crippen molar-refractivity contribution in [3.05, 3.63) is 81.6 Å². The van der Waals surface area contributed by atoms with Crippen molar-refractivity contribution in [3.8, 4) is 0 Å². The summed E-state index contributed by atoms with van der Waals surface area (Å²) in [6, 6.07) is 15.6. The molecule has 1 unspecified atom stereocenters. The number of aromatic nitrogens is 1. The number of halogens is 2. The van der Waals surface area contributed by atoms with Crippen LogP contribution in [0.5, 0.6) is 0 Å². The van der Waals surface area contributed by atoms with Crippen molar-refractivity contribution < 1.29 is 13.9 Å². The van der Waals surface area contributed by atoms with Crippen LogP contribution in [0, 0.1) is 0 Å². The third-order valence-corrected chi connectivity index (χ3v) is 4.19. The zero-order chi connectivity index (χ0) is 17.3. The largest absolute Gasteiger partial charge is 0.379 e. The topological polar surface area (TPSA) is 53.1 Å². The van der Waals surface area contributed by atoms with Gasteiger partial charge in [-0.1, -0.05) is 42.5 Å². The van der Waals surface area contributed by atoms with Crippen LogP contribution >= 0.6 is 0 Å². The minimum atomic E-state index is -2.87. The van der Waals surface area contributed by atoms with E-state index in [4.69, 9.17) is 0 Å². The van der Waals surface area contributed by atoms with Crippen LogP contribution in [-0.4, -0.2) is 16.5 Å². The quantitative estimate of drug-likeness (QED) is 0.768. The highest BCUT2D eigenvalue weighted by atomic mass is 19.3. The maximum atomic E-state index is 12.9. The van der Waals surface area contributed by atoms with Gasteiger partial charge >= 0.3 is 0 Å². The first-order chi connectivity index (χ1) is 11.4. The molecule has 2 N–H and O–H groups in total. The predicted octanol–water partition coefficient (Wildman–Crippen LogP) is 3.59. The van der Waals surface area contributed by atoms with Crippen molar-refractivity contribution in [2.24, 2.45) is 0 Å². The Bertz CT molecular complexity index is 915. The number of pyridine rings is 1. The van der Waals surface area contributed by atoms with Gasteiger partial charge in [0.15, 0.2) is 0 Å². The molecule has 0 aliphatic heterocycles. The Morgan fingerprint density at radius 2 is 1.79 bits per heavy atom. The van der Waals surface area contributed by atoms with E-state index in [0.29, 0.717) is 12.0 Å². The monoisotopic (exact) mass is 329 g/mol. The van der Waals surface area contributed by atoms with Gasteiger partial charge in [-0.25, -0.2) is 8.78 Å². The zero-order valence-corrected chi connectivity index (χ0v) is 13.1. The molecule has 0 radical (unpaired) electrons. The molecule has 1 heterocycles. The smallest absolute Gasteiger partial charge is 0.270 e. The van der Waals surface area contributed by atoms with Crippen LogP contribution in [0.4, 0.5) is 8.78 Å². The lowest BCUT2D eigenvalue weighted by atomic mass is 9.94. The lowest BCUT2D eigenvalue weighted by molar-refractivity contribution is -0.0883. The highest BCUT2D eigenvalue weighted by Gasteiger charge is 2.33. The summed E-state index contributed by atoms with van der Waals surface area (Å²) in [5.41, 5.74) is -0.0221. The third-order valence-electron chi connectivity index (χ3n) is 4.19. The number of aliphatic hydroxyl groups is 1. The Hall–Kier alpha value is -2.53. The number of hydrogen-bond acceptors (Lipinski definition) is 2. The zero-order valence-electron chi connectivity index (χ0n) is 13.1. The molecule has 1 aromatic heterocycles. The molecule has 1 atom stereocenters. The van der Waals surface area contributed by atoms with E-state index in [9.17, 15) is 18.7 Å².